The van der Waals surface area contributed by atoms with E-state index < -0.39 is 0 Å². The van der Waals surface area contributed by atoms with Gasteiger partial charge in [-0.2, -0.15) is 0 Å². The molecule has 0 aromatic heterocycles. The fourth-order valence-electron chi connectivity index (χ4n) is 1.16. The minimum absolute atomic E-state index is 0.417. The maximum Gasteiger partial charge on any atom is 0.119 e. The van der Waals surface area contributed by atoms with Crippen LogP contribution in [0, 0.1) is 5.92 Å². The summed E-state index contributed by atoms with van der Waals surface area (Å²) in [4.78, 5) is 0. The first-order valence-corrected chi connectivity index (χ1v) is 5.18. The van der Waals surface area contributed by atoms with Gasteiger partial charge in [0, 0.05) is 5.92 Å². The molecule has 0 amide bonds. The summed E-state index contributed by atoms with van der Waals surface area (Å²) in [5.74, 6) is 1.37. The van der Waals surface area contributed by atoms with Crippen molar-refractivity contribution in [3.8, 4) is 5.75 Å². The Bertz CT molecular complexity index is 273. The first-order valence-electron chi connectivity index (χ1n) is 5.18. The fourth-order valence-corrected chi connectivity index (χ4v) is 1.16. The molecule has 0 radical (unpaired) electrons. The predicted octanol–water partition coefficient (Wildman–Crippen LogP) is 2.22. The van der Waals surface area contributed by atoms with Crippen molar-refractivity contribution in [2.24, 2.45) is 11.7 Å². The van der Waals surface area contributed by atoms with E-state index in [1.807, 2.05) is 12.1 Å². The van der Waals surface area contributed by atoms with Crippen molar-refractivity contribution >= 4 is 0 Å². The number of hydrogen-bond acceptors (Lipinski definition) is 2. The second-order valence-corrected chi connectivity index (χ2v) is 3.65. The van der Waals surface area contributed by atoms with Gasteiger partial charge < -0.3 is 10.5 Å². The molecule has 0 fully saturated rings. The quantitative estimate of drug-likeness (QED) is 0.778. The number of hydrogen-bond donors (Lipinski definition) is 1. The zero-order chi connectivity index (χ0) is 10.4. The third kappa shape index (κ3) is 3.38. The molecule has 2 heteroatoms. The van der Waals surface area contributed by atoms with Gasteiger partial charge in [0.05, 0.1) is 6.61 Å². The van der Waals surface area contributed by atoms with Gasteiger partial charge in [-0.1, -0.05) is 26.0 Å². The molecular formula is C12H19NO. The van der Waals surface area contributed by atoms with E-state index in [1.54, 1.807) is 0 Å². The molecular weight excluding hydrogens is 174 g/mol. The molecule has 1 rings (SSSR count). The van der Waals surface area contributed by atoms with Gasteiger partial charge in [0.2, 0.25) is 0 Å². The van der Waals surface area contributed by atoms with Gasteiger partial charge in [0.15, 0.2) is 0 Å². The largest absolute Gasteiger partial charge is 0.493 e. The molecule has 0 bridgehead atoms. The molecule has 0 aliphatic heterocycles. The molecule has 0 heterocycles. The fraction of sp³-hybridized carbons (Fsp3) is 0.500. The summed E-state index contributed by atoms with van der Waals surface area (Å²) in [5.41, 5.74) is 6.82. The van der Waals surface area contributed by atoms with Gasteiger partial charge in [0.1, 0.15) is 5.75 Å². The lowest BCUT2D eigenvalue weighted by molar-refractivity contribution is 0.264. The second-order valence-electron chi connectivity index (χ2n) is 3.65. The van der Waals surface area contributed by atoms with Crippen LogP contribution in [0.2, 0.25) is 0 Å². The Balaban J connectivity index is 2.50. The molecule has 1 atom stereocenters. The van der Waals surface area contributed by atoms with Gasteiger partial charge in [-0.15, -0.1) is 0 Å². The van der Waals surface area contributed by atoms with Crippen LogP contribution in [-0.2, 0) is 6.42 Å². The standard InChI is InChI=1S/C12H19NO/c1-3-11-5-4-6-12(7-11)14-9-10(2)8-13/h4-7,10H,3,8-9,13H2,1-2H3. The smallest absolute Gasteiger partial charge is 0.119 e. The average molecular weight is 193 g/mol. The van der Waals surface area contributed by atoms with E-state index in [0.29, 0.717) is 19.1 Å². The van der Waals surface area contributed by atoms with Crippen molar-refractivity contribution in [2.45, 2.75) is 20.3 Å². The zero-order valence-electron chi connectivity index (χ0n) is 8.99. The lowest BCUT2D eigenvalue weighted by Crippen LogP contribution is -2.18. The normalized spacial score (nSPS) is 12.5. The molecule has 2 N–H and O–H groups in total. The Kier molecular flexibility index (Phi) is 4.47. The van der Waals surface area contributed by atoms with E-state index in [2.05, 4.69) is 26.0 Å². The molecule has 1 unspecified atom stereocenters. The van der Waals surface area contributed by atoms with Gasteiger partial charge in [-0.3, -0.25) is 0 Å². The lowest BCUT2D eigenvalue weighted by Gasteiger charge is -2.11. The van der Waals surface area contributed by atoms with Gasteiger partial charge >= 0.3 is 0 Å². The second kappa shape index (κ2) is 5.66. The Morgan fingerprint density at radius 3 is 2.86 bits per heavy atom. The highest BCUT2D eigenvalue weighted by atomic mass is 16.5. The maximum absolute atomic E-state index is 5.62. The van der Waals surface area contributed by atoms with Crippen LogP contribution in [0.25, 0.3) is 0 Å². The van der Waals surface area contributed by atoms with Crippen molar-refractivity contribution < 1.29 is 4.74 Å². The highest BCUT2D eigenvalue weighted by Crippen LogP contribution is 2.14. The number of rotatable bonds is 5. The highest BCUT2D eigenvalue weighted by molar-refractivity contribution is 5.28. The van der Waals surface area contributed by atoms with E-state index in [1.165, 1.54) is 5.56 Å². The Morgan fingerprint density at radius 1 is 1.43 bits per heavy atom. The SMILES string of the molecule is CCc1cccc(OCC(C)CN)c1. The van der Waals surface area contributed by atoms with Crippen molar-refractivity contribution in [2.75, 3.05) is 13.2 Å². The van der Waals surface area contributed by atoms with Crippen LogP contribution in [-0.4, -0.2) is 13.2 Å². The molecule has 0 saturated carbocycles. The van der Waals surface area contributed by atoms with Crippen LogP contribution in [0.3, 0.4) is 0 Å². The summed E-state index contributed by atoms with van der Waals surface area (Å²) in [6, 6.07) is 8.21. The zero-order valence-corrected chi connectivity index (χ0v) is 8.99. The van der Waals surface area contributed by atoms with Crippen LogP contribution in [0.5, 0.6) is 5.75 Å². The maximum atomic E-state index is 5.62. The summed E-state index contributed by atoms with van der Waals surface area (Å²) in [6.07, 6.45) is 1.05. The van der Waals surface area contributed by atoms with Crippen LogP contribution < -0.4 is 10.5 Å². The van der Waals surface area contributed by atoms with Crippen molar-refractivity contribution in [1.82, 2.24) is 0 Å². The predicted molar refractivity (Wildman–Crippen MR) is 59.5 cm³/mol. The monoisotopic (exact) mass is 193 g/mol. The van der Waals surface area contributed by atoms with Crippen molar-refractivity contribution in [3.63, 3.8) is 0 Å². The topological polar surface area (TPSA) is 35.2 Å². The Labute approximate surface area is 86.1 Å². The average Bonchev–Trinajstić information content (AvgIpc) is 2.26. The van der Waals surface area contributed by atoms with E-state index in [9.17, 15) is 0 Å². The summed E-state index contributed by atoms with van der Waals surface area (Å²) in [7, 11) is 0. The highest BCUT2D eigenvalue weighted by Gasteiger charge is 2.00. The molecule has 0 aliphatic carbocycles. The Hall–Kier alpha value is -1.02. The van der Waals surface area contributed by atoms with Gasteiger partial charge in [-0.05, 0) is 30.7 Å². The summed E-state index contributed by atoms with van der Waals surface area (Å²) < 4.78 is 5.62. The minimum Gasteiger partial charge on any atom is -0.493 e. The van der Waals surface area contributed by atoms with Crippen LogP contribution >= 0.6 is 0 Å². The van der Waals surface area contributed by atoms with Gasteiger partial charge in [0.25, 0.3) is 0 Å². The molecule has 0 aliphatic rings. The first kappa shape index (κ1) is 11.1. The molecule has 14 heavy (non-hydrogen) atoms. The number of ether oxygens (including phenoxy) is 1. The summed E-state index contributed by atoms with van der Waals surface area (Å²) in [5, 5.41) is 0. The molecule has 0 saturated heterocycles. The summed E-state index contributed by atoms with van der Waals surface area (Å²) >= 11 is 0. The van der Waals surface area contributed by atoms with Crippen molar-refractivity contribution in [3.05, 3.63) is 29.8 Å². The van der Waals surface area contributed by atoms with E-state index in [0.717, 1.165) is 12.2 Å². The number of aryl methyl sites for hydroxylation is 1. The van der Waals surface area contributed by atoms with E-state index in [-0.39, 0.29) is 0 Å². The van der Waals surface area contributed by atoms with Gasteiger partial charge in [-0.25, -0.2) is 0 Å². The number of nitrogens with two attached hydrogens (primary N) is 1. The summed E-state index contributed by atoms with van der Waals surface area (Å²) in [6.45, 7) is 5.60. The van der Waals surface area contributed by atoms with Crippen molar-refractivity contribution in [1.29, 1.82) is 0 Å². The molecule has 0 spiro atoms. The number of benzene rings is 1. The molecule has 1 aromatic rings. The minimum atomic E-state index is 0.417. The Morgan fingerprint density at radius 2 is 2.21 bits per heavy atom. The molecule has 1 aromatic carbocycles. The molecule has 2 nitrogen and oxygen atoms in total. The van der Waals surface area contributed by atoms with E-state index in [4.69, 9.17) is 10.5 Å². The van der Waals surface area contributed by atoms with Crippen LogP contribution in [0.15, 0.2) is 24.3 Å². The lowest BCUT2D eigenvalue weighted by atomic mass is 10.1. The van der Waals surface area contributed by atoms with E-state index >= 15 is 0 Å². The molecule has 78 valence electrons. The third-order valence-corrected chi connectivity index (χ3v) is 2.24. The van der Waals surface area contributed by atoms with Crippen LogP contribution in [0.4, 0.5) is 0 Å². The van der Waals surface area contributed by atoms with Crippen LogP contribution in [0.1, 0.15) is 19.4 Å². The first-order chi connectivity index (χ1) is 6.76. The third-order valence-electron chi connectivity index (χ3n) is 2.24.